The number of hydrogen-bond donors (Lipinski definition) is 2. The number of alkyl halides is 2. The smallest absolute Gasteiger partial charge is 0.333 e. The van der Waals surface area contributed by atoms with Gasteiger partial charge in [-0.1, -0.05) is 6.92 Å². The number of carbonyl (C=O) groups excluding carboxylic acids is 2. The van der Waals surface area contributed by atoms with Crippen molar-refractivity contribution in [1.82, 2.24) is 20.1 Å². The molecule has 2 aromatic heterocycles. The monoisotopic (exact) mass is 591 g/mol. The van der Waals surface area contributed by atoms with Crippen molar-refractivity contribution >= 4 is 22.7 Å². The molecule has 224 valence electrons. The minimum absolute atomic E-state index is 0.0530. The second-order valence-corrected chi connectivity index (χ2v) is 11.7. The number of nitrogens with one attached hydrogen (secondary N) is 1. The van der Waals surface area contributed by atoms with Crippen LogP contribution < -0.4 is 15.8 Å². The van der Waals surface area contributed by atoms with Crippen molar-refractivity contribution in [2.45, 2.75) is 63.8 Å². The number of fused-ring (bicyclic) bond motifs is 2. The van der Waals surface area contributed by atoms with Gasteiger partial charge in [-0.3, -0.25) is 9.59 Å². The van der Waals surface area contributed by atoms with Gasteiger partial charge in [-0.05, 0) is 86.6 Å². The molecular formula is C32H32F3N5O3. The van der Waals surface area contributed by atoms with Crippen LogP contribution in [0.25, 0.3) is 22.2 Å². The van der Waals surface area contributed by atoms with Crippen LogP contribution in [0.2, 0.25) is 0 Å². The molecular weight excluding hydrogens is 559 g/mol. The van der Waals surface area contributed by atoms with Crippen LogP contribution in [0.15, 0.2) is 42.6 Å². The Balaban J connectivity index is 1.33. The van der Waals surface area contributed by atoms with Crippen LogP contribution >= 0.6 is 0 Å². The number of aryl methyl sites for hydroxylation is 1. The Morgan fingerprint density at radius 2 is 1.98 bits per heavy atom. The maximum atomic E-state index is 14.1. The van der Waals surface area contributed by atoms with E-state index in [4.69, 9.17) is 15.5 Å². The van der Waals surface area contributed by atoms with Gasteiger partial charge in [0.05, 0.1) is 5.52 Å². The third-order valence-electron chi connectivity index (χ3n) is 8.62. The number of carbonyl (C=O) groups is 2. The van der Waals surface area contributed by atoms with Gasteiger partial charge in [0.25, 0.3) is 5.91 Å². The topological polar surface area (TPSA) is 112 Å². The average molecular weight is 592 g/mol. The molecule has 3 heterocycles. The highest BCUT2D eigenvalue weighted by molar-refractivity contribution is 5.99. The Kier molecular flexibility index (Phi) is 7.14. The number of amides is 2. The van der Waals surface area contributed by atoms with Gasteiger partial charge in [-0.25, -0.2) is 14.1 Å². The highest BCUT2D eigenvalue weighted by Gasteiger charge is 2.44. The summed E-state index contributed by atoms with van der Waals surface area (Å²) in [6, 6.07) is 9.80. The molecule has 2 atom stereocenters. The zero-order valence-corrected chi connectivity index (χ0v) is 24.1. The molecule has 6 rings (SSSR count). The van der Waals surface area contributed by atoms with E-state index >= 15 is 0 Å². The first-order valence-corrected chi connectivity index (χ1v) is 14.3. The minimum atomic E-state index is -2.77. The molecule has 1 unspecified atom stereocenters. The number of nitrogens with two attached hydrogens (primary N) is 1. The van der Waals surface area contributed by atoms with Crippen LogP contribution in [0.3, 0.4) is 0 Å². The summed E-state index contributed by atoms with van der Waals surface area (Å²) in [6.45, 7) is 2.85. The molecule has 0 bridgehead atoms. The summed E-state index contributed by atoms with van der Waals surface area (Å²) in [5.41, 5.74) is 9.16. The summed E-state index contributed by atoms with van der Waals surface area (Å²) in [7, 11) is 0. The Labute approximate surface area is 246 Å². The molecule has 0 spiro atoms. The summed E-state index contributed by atoms with van der Waals surface area (Å²) < 4.78 is 47.4. The van der Waals surface area contributed by atoms with Gasteiger partial charge in [0, 0.05) is 46.4 Å². The van der Waals surface area contributed by atoms with E-state index in [2.05, 4.69) is 10.4 Å². The van der Waals surface area contributed by atoms with Gasteiger partial charge in [0.15, 0.2) is 0 Å². The maximum Gasteiger partial charge on any atom is 0.333 e. The standard InChI is InChI=1S/C32H32F3N5O3/c1-4-17(13-37-29(41)20-10-21-14-40(31(34)35)39-26(21)22(11-20)18-5-6-18)25-12-23-28(43-15-32(23,3)30(36)42)27(38-25)19-7-8-24(33)16(2)9-19/h7-12,14,17-18,31H,4-6,13,15H2,1-3H3,(H2,36,42)(H,37,41)/t17?,32-/m0/s1. The van der Waals surface area contributed by atoms with E-state index in [1.165, 1.54) is 12.3 Å². The van der Waals surface area contributed by atoms with Crippen LogP contribution in [0.4, 0.5) is 13.2 Å². The van der Waals surface area contributed by atoms with Crippen molar-refractivity contribution in [3.63, 3.8) is 0 Å². The predicted molar refractivity (Wildman–Crippen MR) is 155 cm³/mol. The average Bonchev–Trinajstić information content (AvgIpc) is 3.64. The van der Waals surface area contributed by atoms with Crippen LogP contribution in [0.5, 0.6) is 5.75 Å². The summed E-state index contributed by atoms with van der Waals surface area (Å²) >= 11 is 0. The molecule has 11 heteroatoms. The van der Waals surface area contributed by atoms with Gasteiger partial charge in [0.2, 0.25) is 5.91 Å². The van der Waals surface area contributed by atoms with Crippen molar-refractivity contribution in [2.24, 2.45) is 5.73 Å². The van der Waals surface area contributed by atoms with Gasteiger partial charge >= 0.3 is 6.55 Å². The molecule has 2 amide bonds. The van der Waals surface area contributed by atoms with Crippen LogP contribution in [0, 0.1) is 12.7 Å². The van der Waals surface area contributed by atoms with Crippen molar-refractivity contribution in [2.75, 3.05) is 13.2 Å². The van der Waals surface area contributed by atoms with E-state index in [1.807, 2.05) is 13.0 Å². The predicted octanol–water partition coefficient (Wildman–Crippen LogP) is 5.88. The Bertz CT molecular complexity index is 1770. The normalized spacial score (nSPS) is 18.5. The zero-order valence-electron chi connectivity index (χ0n) is 24.1. The van der Waals surface area contributed by atoms with Crippen LogP contribution in [0.1, 0.15) is 84.2 Å². The summed E-state index contributed by atoms with van der Waals surface area (Å²) in [4.78, 5) is 30.8. The molecule has 2 aliphatic rings. The number of benzene rings is 2. The molecule has 1 aliphatic heterocycles. The fraction of sp³-hybridized carbons (Fsp3) is 0.375. The SMILES string of the molecule is CCC(CNC(=O)c1cc(C2CC2)c2nn(C(F)F)cc2c1)c1cc2c(c(-c3ccc(F)c(C)c3)n1)OC[C@]2(C)C(N)=O. The van der Waals surface area contributed by atoms with Crippen LogP contribution in [-0.4, -0.2) is 39.7 Å². The lowest BCUT2D eigenvalue weighted by molar-refractivity contribution is -0.123. The highest BCUT2D eigenvalue weighted by atomic mass is 19.3. The van der Waals surface area contributed by atoms with E-state index in [1.54, 1.807) is 38.1 Å². The molecule has 4 aromatic rings. The Morgan fingerprint density at radius 1 is 1.21 bits per heavy atom. The van der Waals surface area contributed by atoms with E-state index < -0.39 is 17.9 Å². The maximum absolute atomic E-state index is 14.1. The number of primary amides is 1. The molecule has 1 fully saturated rings. The third kappa shape index (κ3) is 5.10. The number of ether oxygens (including phenoxy) is 1. The first-order valence-electron chi connectivity index (χ1n) is 14.3. The van der Waals surface area contributed by atoms with Gasteiger partial charge in [0.1, 0.15) is 29.3 Å². The molecule has 3 N–H and O–H groups in total. The Morgan fingerprint density at radius 3 is 2.63 bits per heavy atom. The highest BCUT2D eigenvalue weighted by Crippen LogP contribution is 2.46. The number of halogens is 3. The molecule has 2 aromatic carbocycles. The van der Waals surface area contributed by atoms with Gasteiger partial charge in [-0.2, -0.15) is 13.9 Å². The molecule has 1 saturated carbocycles. The van der Waals surface area contributed by atoms with E-state index in [0.29, 0.717) is 61.4 Å². The molecule has 1 aliphatic carbocycles. The number of aromatic nitrogens is 3. The fourth-order valence-corrected chi connectivity index (χ4v) is 5.70. The van der Waals surface area contributed by atoms with E-state index in [0.717, 1.165) is 18.4 Å². The van der Waals surface area contributed by atoms with Crippen molar-refractivity contribution in [3.05, 3.63) is 76.4 Å². The first-order chi connectivity index (χ1) is 20.5. The number of rotatable bonds is 9. The second-order valence-electron chi connectivity index (χ2n) is 11.7. The lowest BCUT2D eigenvalue weighted by atomic mass is 9.82. The minimum Gasteiger partial charge on any atom is -0.489 e. The summed E-state index contributed by atoms with van der Waals surface area (Å²) in [6.07, 6.45) is 3.72. The summed E-state index contributed by atoms with van der Waals surface area (Å²) in [5.74, 6) is -0.847. The molecule has 43 heavy (non-hydrogen) atoms. The lowest BCUT2D eigenvalue weighted by Gasteiger charge is -2.22. The van der Waals surface area contributed by atoms with E-state index in [9.17, 15) is 22.8 Å². The second kappa shape index (κ2) is 10.7. The quantitative estimate of drug-likeness (QED) is 0.253. The van der Waals surface area contributed by atoms with Crippen molar-refractivity contribution in [3.8, 4) is 17.0 Å². The number of hydrogen-bond acceptors (Lipinski definition) is 5. The lowest BCUT2D eigenvalue weighted by Crippen LogP contribution is -2.40. The Hall–Kier alpha value is -4.41. The van der Waals surface area contributed by atoms with Crippen molar-refractivity contribution < 1.29 is 27.5 Å². The van der Waals surface area contributed by atoms with Gasteiger partial charge in [-0.15, -0.1) is 0 Å². The molecule has 8 nitrogen and oxygen atoms in total. The zero-order chi connectivity index (χ0) is 30.6. The van der Waals surface area contributed by atoms with Gasteiger partial charge < -0.3 is 15.8 Å². The number of pyridine rings is 1. The summed E-state index contributed by atoms with van der Waals surface area (Å²) in [5, 5.41) is 7.54. The van der Waals surface area contributed by atoms with Crippen molar-refractivity contribution in [1.29, 1.82) is 0 Å². The van der Waals surface area contributed by atoms with Crippen LogP contribution in [-0.2, 0) is 10.2 Å². The third-order valence-corrected chi connectivity index (χ3v) is 8.62. The van der Waals surface area contributed by atoms with E-state index in [-0.39, 0.29) is 36.7 Å². The molecule has 0 radical (unpaired) electrons. The fourth-order valence-electron chi connectivity index (χ4n) is 5.70. The first kappa shape index (κ1) is 28.7. The number of nitrogens with zero attached hydrogens (tertiary/aromatic N) is 3. The largest absolute Gasteiger partial charge is 0.489 e. The molecule has 0 saturated heterocycles.